The molecule has 1 aromatic heterocycles. The topological polar surface area (TPSA) is 55.0 Å². The zero-order valence-corrected chi connectivity index (χ0v) is 9.94. The Morgan fingerprint density at radius 1 is 1.44 bits per heavy atom. The lowest BCUT2D eigenvalue weighted by Crippen LogP contribution is -2.07. The molecule has 1 aromatic carbocycles. The van der Waals surface area contributed by atoms with Crippen molar-refractivity contribution < 1.29 is 13.9 Å². The number of aromatic amines is 1. The number of hydrogen-bond donors (Lipinski definition) is 1. The Bertz CT molecular complexity index is 551. The standard InChI is InChI=1S/C13H13FN2O2/c1-2-18-13(17)10-8-15-16-12(10)7-9-5-3-4-6-11(9)14/h3-6,8H,2,7H2,1H3,(H,15,16). The molecule has 5 heteroatoms. The van der Waals surface area contributed by atoms with Crippen LogP contribution in [0.25, 0.3) is 0 Å². The fourth-order valence-electron chi connectivity index (χ4n) is 1.66. The monoisotopic (exact) mass is 248 g/mol. The number of hydrogen-bond acceptors (Lipinski definition) is 3. The predicted octanol–water partition coefficient (Wildman–Crippen LogP) is 2.32. The van der Waals surface area contributed by atoms with Crippen LogP contribution < -0.4 is 0 Å². The molecular weight excluding hydrogens is 235 g/mol. The molecule has 1 N–H and O–H groups in total. The van der Waals surface area contributed by atoms with E-state index in [0.29, 0.717) is 23.4 Å². The zero-order valence-electron chi connectivity index (χ0n) is 9.94. The molecule has 0 fully saturated rings. The van der Waals surface area contributed by atoms with Gasteiger partial charge in [-0.25, -0.2) is 9.18 Å². The summed E-state index contributed by atoms with van der Waals surface area (Å²) in [7, 11) is 0. The van der Waals surface area contributed by atoms with Crippen molar-refractivity contribution >= 4 is 5.97 Å². The van der Waals surface area contributed by atoms with Crippen LogP contribution in [0.15, 0.2) is 30.5 Å². The number of nitrogens with one attached hydrogen (secondary N) is 1. The van der Waals surface area contributed by atoms with E-state index in [1.165, 1.54) is 12.3 Å². The summed E-state index contributed by atoms with van der Waals surface area (Å²) in [5.74, 6) is -0.750. The van der Waals surface area contributed by atoms with E-state index in [2.05, 4.69) is 10.2 Å². The number of benzene rings is 1. The lowest BCUT2D eigenvalue weighted by Gasteiger charge is -2.04. The number of nitrogens with zero attached hydrogens (tertiary/aromatic N) is 1. The third-order valence-corrected chi connectivity index (χ3v) is 2.54. The van der Waals surface area contributed by atoms with Gasteiger partial charge in [0.05, 0.1) is 18.5 Å². The molecule has 0 spiro atoms. The van der Waals surface area contributed by atoms with E-state index in [1.807, 2.05) is 0 Å². The Kier molecular flexibility index (Phi) is 3.72. The van der Waals surface area contributed by atoms with Gasteiger partial charge in [-0.2, -0.15) is 5.10 Å². The molecule has 0 radical (unpaired) electrons. The lowest BCUT2D eigenvalue weighted by molar-refractivity contribution is 0.0525. The first-order valence-corrected chi connectivity index (χ1v) is 5.65. The molecule has 0 unspecified atom stereocenters. The van der Waals surface area contributed by atoms with Crippen LogP contribution in [0.2, 0.25) is 0 Å². The Balaban J connectivity index is 2.23. The van der Waals surface area contributed by atoms with Gasteiger partial charge in [0.2, 0.25) is 0 Å². The summed E-state index contributed by atoms with van der Waals surface area (Å²) in [6.07, 6.45) is 1.68. The normalized spacial score (nSPS) is 10.3. The minimum absolute atomic E-state index is 0.279. The second-order valence-electron chi connectivity index (χ2n) is 3.75. The zero-order chi connectivity index (χ0) is 13.0. The first-order valence-electron chi connectivity index (χ1n) is 5.65. The number of halogens is 1. The summed E-state index contributed by atoms with van der Waals surface area (Å²) in [4.78, 5) is 11.6. The van der Waals surface area contributed by atoms with E-state index >= 15 is 0 Å². The van der Waals surface area contributed by atoms with E-state index in [1.54, 1.807) is 25.1 Å². The van der Waals surface area contributed by atoms with Crippen molar-refractivity contribution in [2.24, 2.45) is 0 Å². The van der Waals surface area contributed by atoms with Crippen LogP contribution in [0.5, 0.6) is 0 Å². The maximum absolute atomic E-state index is 13.5. The van der Waals surface area contributed by atoms with Crippen molar-refractivity contribution in [1.82, 2.24) is 10.2 Å². The van der Waals surface area contributed by atoms with Crippen LogP contribution >= 0.6 is 0 Å². The molecule has 2 rings (SSSR count). The Morgan fingerprint density at radius 3 is 2.94 bits per heavy atom. The average molecular weight is 248 g/mol. The van der Waals surface area contributed by atoms with Crippen molar-refractivity contribution in [1.29, 1.82) is 0 Å². The van der Waals surface area contributed by atoms with Gasteiger partial charge in [-0.3, -0.25) is 5.10 Å². The highest BCUT2D eigenvalue weighted by atomic mass is 19.1. The van der Waals surface area contributed by atoms with Crippen molar-refractivity contribution in [3.63, 3.8) is 0 Å². The molecular formula is C13H13FN2O2. The van der Waals surface area contributed by atoms with Crippen LogP contribution in [0.1, 0.15) is 28.5 Å². The van der Waals surface area contributed by atoms with Crippen LogP contribution in [0.4, 0.5) is 4.39 Å². The van der Waals surface area contributed by atoms with E-state index in [4.69, 9.17) is 4.74 Å². The first-order chi connectivity index (χ1) is 8.72. The maximum atomic E-state index is 13.5. The van der Waals surface area contributed by atoms with Crippen molar-refractivity contribution in [2.75, 3.05) is 6.61 Å². The maximum Gasteiger partial charge on any atom is 0.341 e. The summed E-state index contributed by atoms with van der Waals surface area (Å²) in [5, 5.41) is 6.51. The highest BCUT2D eigenvalue weighted by Gasteiger charge is 2.16. The van der Waals surface area contributed by atoms with Gasteiger partial charge < -0.3 is 4.74 Å². The summed E-state index contributed by atoms with van der Waals surface area (Å²) in [5.41, 5.74) is 1.41. The van der Waals surface area contributed by atoms with Crippen LogP contribution in [0.3, 0.4) is 0 Å². The molecule has 0 saturated carbocycles. The number of H-pyrrole nitrogens is 1. The molecule has 18 heavy (non-hydrogen) atoms. The molecule has 1 heterocycles. The van der Waals surface area contributed by atoms with Gasteiger partial charge in [-0.1, -0.05) is 18.2 Å². The van der Waals surface area contributed by atoms with E-state index < -0.39 is 5.97 Å². The second kappa shape index (κ2) is 5.44. The van der Waals surface area contributed by atoms with Gasteiger partial charge in [-0.05, 0) is 18.6 Å². The summed E-state index contributed by atoms with van der Waals surface area (Å²) in [6.45, 7) is 2.03. The van der Waals surface area contributed by atoms with Crippen LogP contribution in [0, 0.1) is 5.82 Å². The summed E-state index contributed by atoms with van der Waals surface area (Å²) in [6, 6.07) is 6.43. The van der Waals surface area contributed by atoms with Gasteiger partial charge in [0.25, 0.3) is 0 Å². The Hall–Kier alpha value is -2.17. The number of carbonyl (C=O) groups excluding carboxylic acids is 1. The molecule has 0 saturated heterocycles. The van der Waals surface area contributed by atoms with Gasteiger partial charge in [0.15, 0.2) is 0 Å². The fourth-order valence-corrected chi connectivity index (χ4v) is 1.66. The third-order valence-electron chi connectivity index (χ3n) is 2.54. The molecule has 0 atom stereocenters. The first kappa shape index (κ1) is 12.3. The third kappa shape index (κ3) is 2.56. The molecule has 4 nitrogen and oxygen atoms in total. The number of aromatic nitrogens is 2. The number of rotatable bonds is 4. The Morgan fingerprint density at radius 2 is 2.22 bits per heavy atom. The lowest BCUT2D eigenvalue weighted by atomic mass is 10.1. The summed E-state index contributed by atoms with van der Waals surface area (Å²) < 4.78 is 18.4. The molecule has 0 amide bonds. The molecule has 0 aliphatic rings. The van der Waals surface area contributed by atoms with Crippen molar-refractivity contribution in [2.45, 2.75) is 13.3 Å². The predicted molar refractivity (Wildman–Crippen MR) is 63.8 cm³/mol. The number of carbonyl (C=O) groups is 1. The number of esters is 1. The SMILES string of the molecule is CCOC(=O)c1cn[nH]c1Cc1ccccc1F. The van der Waals surface area contributed by atoms with Crippen LogP contribution in [-0.4, -0.2) is 22.8 Å². The highest BCUT2D eigenvalue weighted by Crippen LogP contribution is 2.15. The summed E-state index contributed by atoms with van der Waals surface area (Å²) >= 11 is 0. The van der Waals surface area contributed by atoms with E-state index in [9.17, 15) is 9.18 Å². The average Bonchev–Trinajstić information content (AvgIpc) is 2.81. The minimum Gasteiger partial charge on any atom is -0.462 e. The largest absolute Gasteiger partial charge is 0.462 e. The minimum atomic E-state index is -0.447. The van der Waals surface area contributed by atoms with Crippen molar-refractivity contribution in [3.8, 4) is 0 Å². The van der Waals surface area contributed by atoms with Crippen LogP contribution in [-0.2, 0) is 11.2 Å². The van der Waals surface area contributed by atoms with Gasteiger partial charge >= 0.3 is 5.97 Å². The van der Waals surface area contributed by atoms with Gasteiger partial charge in [-0.15, -0.1) is 0 Å². The quantitative estimate of drug-likeness (QED) is 0.845. The number of ether oxygens (including phenoxy) is 1. The fraction of sp³-hybridized carbons (Fsp3) is 0.231. The molecule has 2 aromatic rings. The highest BCUT2D eigenvalue weighted by molar-refractivity contribution is 5.90. The van der Waals surface area contributed by atoms with E-state index in [-0.39, 0.29) is 12.2 Å². The van der Waals surface area contributed by atoms with Gasteiger partial charge in [0.1, 0.15) is 11.4 Å². The van der Waals surface area contributed by atoms with E-state index in [0.717, 1.165) is 0 Å². The molecule has 0 bridgehead atoms. The smallest absolute Gasteiger partial charge is 0.341 e. The molecule has 0 aliphatic carbocycles. The van der Waals surface area contributed by atoms with Crippen molar-refractivity contribution in [3.05, 3.63) is 53.1 Å². The molecule has 94 valence electrons. The second-order valence-corrected chi connectivity index (χ2v) is 3.75. The Labute approximate surface area is 104 Å². The van der Waals surface area contributed by atoms with Gasteiger partial charge in [0, 0.05) is 6.42 Å². The molecule has 0 aliphatic heterocycles.